The molecule has 2 aliphatic rings. The molecule has 1 saturated carbocycles. The number of carbonyl (C=O) groups excluding carboxylic acids is 2. The fraction of sp³-hybridized carbons (Fsp3) is 0.367. The van der Waals surface area contributed by atoms with E-state index in [-0.39, 0.29) is 24.2 Å². The van der Waals surface area contributed by atoms with E-state index in [1.807, 2.05) is 6.07 Å². The molecule has 1 aliphatic carbocycles. The van der Waals surface area contributed by atoms with E-state index >= 15 is 0 Å². The number of phenols is 1. The summed E-state index contributed by atoms with van der Waals surface area (Å²) in [5.41, 5.74) is 1.33. The Morgan fingerprint density at radius 1 is 0.956 bits per heavy atom. The Hall–Kier alpha value is -4.11. The van der Waals surface area contributed by atoms with Crippen LogP contribution in [0.25, 0.3) is 0 Å². The van der Waals surface area contributed by atoms with Gasteiger partial charge in [-0.2, -0.15) is 4.31 Å². The first-order valence-corrected chi connectivity index (χ1v) is 15.6. The third-order valence-corrected chi connectivity index (χ3v) is 10.2. The van der Waals surface area contributed by atoms with Crippen molar-refractivity contribution in [1.82, 2.24) is 14.6 Å². The van der Waals surface area contributed by atoms with Gasteiger partial charge in [-0.15, -0.1) is 0 Å². The molecule has 45 heavy (non-hydrogen) atoms. The van der Waals surface area contributed by atoms with Crippen molar-refractivity contribution in [3.8, 4) is 5.75 Å². The lowest BCUT2D eigenvalue weighted by atomic mass is 9.85. The van der Waals surface area contributed by atoms with Crippen molar-refractivity contribution in [3.05, 3.63) is 82.4 Å². The minimum Gasteiger partial charge on any atom is -0.507 e. The summed E-state index contributed by atoms with van der Waals surface area (Å²) in [6.45, 7) is -0.684. The number of pyridine rings is 1. The molecular formula is C30H29F5N4O5S. The quantitative estimate of drug-likeness (QED) is 0.203. The lowest BCUT2D eigenvalue weighted by Crippen LogP contribution is -2.59. The number of hydrogen-bond acceptors (Lipinski definition) is 6. The highest BCUT2D eigenvalue weighted by molar-refractivity contribution is 7.89. The van der Waals surface area contributed by atoms with Gasteiger partial charge in [0.1, 0.15) is 11.8 Å². The fourth-order valence-electron chi connectivity index (χ4n) is 5.69. The molecule has 1 saturated heterocycles. The highest BCUT2D eigenvalue weighted by Crippen LogP contribution is 2.36. The normalized spacial score (nSPS) is 17.5. The average Bonchev–Trinajstić information content (AvgIpc) is 3.01. The average molecular weight is 653 g/mol. The first kappa shape index (κ1) is 32.3. The minimum absolute atomic E-state index is 0.0313. The van der Waals surface area contributed by atoms with E-state index in [1.165, 1.54) is 25.6 Å². The SMILES string of the molecule is CNC(=O)c1ccc(N(Cc2ccc(C3CCCCC3)cn2)C(=O)C2CCN2S(=O)(=O)c2c(F)c(F)c(F)c(F)c2F)cc1O. The summed E-state index contributed by atoms with van der Waals surface area (Å²) < 4.78 is 97.2. The van der Waals surface area contributed by atoms with Gasteiger partial charge in [-0.3, -0.25) is 14.6 Å². The van der Waals surface area contributed by atoms with Gasteiger partial charge in [-0.1, -0.05) is 25.3 Å². The van der Waals surface area contributed by atoms with Gasteiger partial charge in [0.25, 0.3) is 5.91 Å². The number of sulfonamides is 1. The molecule has 3 aromatic rings. The topological polar surface area (TPSA) is 120 Å². The second-order valence-electron chi connectivity index (χ2n) is 10.9. The summed E-state index contributed by atoms with van der Waals surface area (Å²) in [5.74, 6) is -14.2. The third-order valence-electron chi connectivity index (χ3n) is 8.27. The molecule has 15 heteroatoms. The second kappa shape index (κ2) is 12.7. The van der Waals surface area contributed by atoms with Crippen molar-refractivity contribution < 1.29 is 45.1 Å². The Labute approximate surface area is 255 Å². The standard InChI is InChI=1S/C30H29F5N4O5S/c1-36-29(41)20-10-9-19(13-22(20)40)38(15-18-8-7-17(14-37-18)16-5-3-2-4-6-16)30(42)21-11-12-39(21)45(43,44)28-26(34)24(32)23(31)25(33)27(28)35/h7-10,13-14,16,21,40H,2-6,11-12,15H2,1H3,(H,36,41). The van der Waals surface area contributed by atoms with Crippen LogP contribution in [0.4, 0.5) is 27.6 Å². The van der Waals surface area contributed by atoms with E-state index in [4.69, 9.17) is 0 Å². The van der Waals surface area contributed by atoms with E-state index in [0.717, 1.165) is 42.2 Å². The number of benzene rings is 2. The van der Waals surface area contributed by atoms with Gasteiger partial charge in [-0.25, -0.2) is 30.4 Å². The number of hydrogen-bond donors (Lipinski definition) is 2. The van der Waals surface area contributed by atoms with Crippen LogP contribution in [-0.4, -0.2) is 54.3 Å². The molecule has 1 atom stereocenters. The maximum absolute atomic E-state index is 14.5. The molecule has 2 fully saturated rings. The zero-order valence-corrected chi connectivity index (χ0v) is 24.8. The Bertz CT molecular complexity index is 1720. The van der Waals surface area contributed by atoms with Crippen LogP contribution in [0, 0.1) is 29.1 Å². The van der Waals surface area contributed by atoms with Crippen molar-refractivity contribution in [2.24, 2.45) is 0 Å². The van der Waals surface area contributed by atoms with Crippen LogP contribution >= 0.6 is 0 Å². The number of anilines is 1. The molecule has 1 aliphatic heterocycles. The molecule has 1 unspecified atom stereocenters. The largest absolute Gasteiger partial charge is 0.507 e. The zero-order chi connectivity index (χ0) is 32.6. The van der Waals surface area contributed by atoms with Crippen molar-refractivity contribution in [1.29, 1.82) is 0 Å². The lowest BCUT2D eigenvalue weighted by molar-refractivity contribution is -0.125. The van der Waals surface area contributed by atoms with E-state index in [9.17, 15) is 45.1 Å². The zero-order valence-electron chi connectivity index (χ0n) is 24.0. The number of phenolic OH excluding ortho intramolecular Hbond substituents is 1. The van der Waals surface area contributed by atoms with E-state index in [0.29, 0.717) is 15.9 Å². The molecule has 2 aromatic carbocycles. The first-order valence-electron chi connectivity index (χ1n) is 14.2. The summed E-state index contributed by atoms with van der Waals surface area (Å²) >= 11 is 0. The van der Waals surface area contributed by atoms with Crippen LogP contribution in [0.15, 0.2) is 41.4 Å². The van der Waals surface area contributed by atoms with Gasteiger partial charge in [-0.05, 0) is 48.9 Å². The summed E-state index contributed by atoms with van der Waals surface area (Å²) in [4.78, 5) is 29.5. The molecule has 5 rings (SSSR count). The molecule has 2 N–H and O–H groups in total. The number of aromatic nitrogens is 1. The molecule has 0 spiro atoms. The van der Waals surface area contributed by atoms with Gasteiger partial charge in [0.15, 0.2) is 28.2 Å². The van der Waals surface area contributed by atoms with Gasteiger partial charge in [0.2, 0.25) is 21.7 Å². The Morgan fingerprint density at radius 2 is 1.60 bits per heavy atom. The maximum Gasteiger partial charge on any atom is 0.254 e. The number of nitrogens with zero attached hydrogens (tertiary/aromatic N) is 3. The predicted octanol–water partition coefficient (Wildman–Crippen LogP) is 4.89. The third kappa shape index (κ3) is 5.98. The Kier molecular flexibility index (Phi) is 9.12. The number of carbonyl (C=O) groups is 2. The van der Waals surface area contributed by atoms with E-state index in [1.54, 1.807) is 12.3 Å². The van der Waals surface area contributed by atoms with Crippen molar-refractivity contribution in [2.75, 3.05) is 18.5 Å². The van der Waals surface area contributed by atoms with Crippen molar-refractivity contribution in [3.63, 3.8) is 0 Å². The predicted molar refractivity (Wildman–Crippen MR) is 151 cm³/mol. The van der Waals surface area contributed by atoms with Crippen LogP contribution < -0.4 is 10.2 Å². The summed E-state index contributed by atoms with van der Waals surface area (Å²) in [7, 11) is -4.03. The number of aromatic hydroxyl groups is 1. The number of amides is 2. The Morgan fingerprint density at radius 3 is 2.13 bits per heavy atom. The lowest BCUT2D eigenvalue weighted by Gasteiger charge is -2.41. The molecule has 240 valence electrons. The Balaban J connectivity index is 1.49. The van der Waals surface area contributed by atoms with Crippen molar-refractivity contribution >= 4 is 27.5 Å². The summed E-state index contributed by atoms with van der Waals surface area (Å²) in [6, 6.07) is 5.68. The smallest absolute Gasteiger partial charge is 0.254 e. The molecule has 9 nitrogen and oxygen atoms in total. The van der Waals surface area contributed by atoms with E-state index in [2.05, 4.69) is 10.3 Å². The molecule has 0 radical (unpaired) electrons. The van der Waals surface area contributed by atoms with Crippen molar-refractivity contribution in [2.45, 2.75) is 61.9 Å². The first-order chi connectivity index (χ1) is 21.4. The maximum atomic E-state index is 14.5. The molecule has 0 bridgehead atoms. The van der Waals surface area contributed by atoms with Crippen LogP contribution in [0.3, 0.4) is 0 Å². The highest BCUT2D eigenvalue weighted by Gasteiger charge is 2.48. The van der Waals surface area contributed by atoms with Crippen LogP contribution in [0.2, 0.25) is 0 Å². The molecule has 2 amide bonds. The summed E-state index contributed by atoms with van der Waals surface area (Å²) in [5, 5.41) is 12.9. The monoisotopic (exact) mass is 652 g/mol. The van der Waals surface area contributed by atoms with Gasteiger partial charge in [0.05, 0.1) is 17.8 Å². The minimum atomic E-state index is -5.38. The van der Waals surface area contributed by atoms with Crippen LogP contribution in [-0.2, 0) is 21.4 Å². The highest BCUT2D eigenvalue weighted by atomic mass is 32.2. The van der Waals surface area contributed by atoms with E-state index < -0.39 is 74.2 Å². The van der Waals surface area contributed by atoms with Crippen LogP contribution in [0.1, 0.15) is 66.1 Å². The van der Waals surface area contributed by atoms with Gasteiger partial charge in [0, 0.05) is 31.5 Å². The molecule has 2 heterocycles. The number of halogens is 5. The number of nitrogens with one attached hydrogen (secondary N) is 1. The molecular weight excluding hydrogens is 623 g/mol. The second-order valence-corrected chi connectivity index (χ2v) is 12.8. The van der Waals surface area contributed by atoms with Gasteiger partial charge < -0.3 is 15.3 Å². The van der Waals surface area contributed by atoms with Gasteiger partial charge >= 0.3 is 0 Å². The summed E-state index contributed by atoms with van der Waals surface area (Å²) in [6.07, 6.45) is 6.99. The fourth-order valence-corrected chi connectivity index (χ4v) is 7.43. The number of rotatable bonds is 8. The van der Waals surface area contributed by atoms with Crippen LogP contribution in [0.5, 0.6) is 5.75 Å². The molecule has 1 aromatic heterocycles.